The van der Waals surface area contributed by atoms with Gasteiger partial charge in [-0.25, -0.2) is 0 Å². The fourth-order valence-electron chi connectivity index (χ4n) is 1.43. The molecule has 0 saturated carbocycles. The average Bonchev–Trinajstić information content (AvgIpc) is 2.35. The first-order valence-corrected chi connectivity index (χ1v) is 6.42. The predicted octanol–water partition coefficient (Wildman–Crippen LogP) is 4.06. The molecule has 0 atom stereocenters. The summed E-state index contributed by atoms with van der Waals surface area (Å²) in [5.41, 5.74) is 2.20. The molecule has 3 nitrogen and oxygen atoms in total. The van der Waals surface area contributed by atoms with E-state index in [4.69, 9.17) is 11.6 Å². The van der Waals surface area contributed by atoms with Crippen molar-refractivity contribution in [3.05, 3.63) is 57.3 Å². The first-order chi connectivity index (χ1) is 8.58. The maximum Gasteiger partial charge on any atom is 0.255 e. The highest BCUT2D eigenvalue weighted by atomic mass is 79.9. The lowest BCUT2D eigenvalue weighted by Gasteiger charge is -2.08. The molecule has 18 heavy (non-hydrogen) atoms. The van der Waals surface area contributed by atoms with E-state index in [-0.39, 0.29) is 5.91 Å². The second-order valence-electron chi connectivity index (χ2n) is 3.77. The Labute approximate surface area is 118 Å². The number of pyridine rings is 1. The summed E-state index contributed by atoms with van der Waals surface area (Å²) in [5.74, 6) is -0.191. The number of hydrogen-bond acceptors (Lipinski definition) is 2. The predicted molar refractivity (Wildman–Crippen MR) is 76.1 cm³/mol. The minimum absolute atomic E-state index is 0.191. The number of hydrogen-bond donors (Lipinski definition) is 1. The van der Waals surface area contributed by atoms with Gasteiger partial charge in [0, 0.05) is 16.2 Å². The molecule has 0 unspecified atom stereocenters. The maximum atomic E-state index is 12.0. The molecule has 1 heterocycles. The Morgan fingerprint density at radius 2 is 2.17 bits per heavy atom. The molecule has 1 aromatic carbocycles. The number of carbonyl (C=O) groups is 1. The summed E-state index contributed by atoms with van der Waals surface area (Å²) in [6.07, 6.45) is 3.31. The summed E-state index contributed by atoms with van der Waals surface area (Å²) in [6, 6.07) is 6.88. The number of aryl methyl sites for hydroxylation is 1. The third-order valence-electron chi connectivity index (χ3n) is 2.47. The summed E-state index contributed by atoms with van der Waals surface area (Å²) in [4.78, 5) is 16.0. The van der Waals surface area contributed by atoms with E-state index in [2.05, 4.69) is 26.2 Å². The summed E-state index contributed by atoms with van der Waals surface area (Å²) in [5, 5.41) is 3.38. The molecule has 0 fully saturated rings. The third kappa shape index (κ3) is 2.89. The second kappa shape index (κ2) is 5.50. The van der Waals surface area contributed by atoms with Gasteiger partial charge < -0.3 is 5.32 Å². The number of rotatable bonds is 2. The molecule has 92 valence electrons. The van der Waals surface area contributed by atoms with E-state index in [0.29, 0.717) is 20.7 Å². The summed E-state index contributed by atoms with van der Waals surface area (Å²) in [6.45, 7) is 1.91. The van der Waals surface area contributed by atoms with E-state index in [1.807, 2.05) is 13.0 Å². The Morgan fingerprint density at radius 3 is 2.83 bits per heavy atom. The normalized spacial score (nSPS) is 10.2. The highest BCUT2D eigenvalue weighted by Gasteiger charge is 2.09. The van der Waals surface area contributed by atoms with Crippen LogP contribution in [0, 0.1) is 6.92 Å². The van der Waals surface area contributed by atoms with Gasteiger partial charge in [0.15, 0.2) is 0 Å². The molecule has 2 aromatic rings. The molecule has 0 radical (unpaired) electrons. The zero-order valence-electron chi connectivity index (χ0n) is 9.58. The van der Waals surface area contributed by atoms with Crippen molar-refractivity contribution in [1.82, 2.24) is 4.98 Å². The summed E-state index contributed by atoms with van der Waals surface area (Å²) in [7, 11) is 0. The van der Waals surface area contributed by atoms with Crippen LogP contribution in [0.3, 0.4) is 0 Å². The fourth-order valence-corrected chi connectivity index (χ4v) is 1.92. The Bertz CT molecular complexity index is 601. The number of carbonyl (C=O) groups excluding carboxylic acids is 1. The van der Waals surface area contributed by atoms with Gasteiger partial charge in [0.1, 0.15) is 0 Å². The van der Waals surface area contributed by atoms with E-state index in [0.717, 1.165) is 5.56 Å². The van der Waals surface area contributed by atoms with Gasteiger partial charge >= 0.3 is 0 Å². The van der Waals surface area contributed by atoms with Gasteiger partial charge in [-0.15, -0.1) is 0 Å². The van der Waals surface area contributed by atoms with Crippen LogP contribution in [0.25, 0.3) is 0 Å². The second-order valence-corrected chi connectivity index (χ2v) is 5.04. The van der Waals surface area contributed by atoms with Crippen molar-refractivity contribution >= 4 is 39.1 Å². The van der Waals surface area contributed by atoms with Crippen molar-refractivity contribution in [3.63, 3.8) is 0 Å². The Balaban J connectivity index is 2.22. The number of nitrogens with zero attached hydrogens (tertiary/aromatic N) is 1. The molecule has 2 rings (SSSR count). The molecular formula is C13H10BrClN2O. The van der Waals surface area contributed by atoms with E-state index in [1.54, 1.807) is 30.6 Å². The van der Waals surface area contributed by atoms with Crippen LogP contribution in [0.1, 0.15) is 15.9 Å². The number of anilines is 1. The number of halogens is 2. The molecule has 1 N–H and O–H groups in total. The van der Waals surface area contributed by atoms with Gasteiger partial charge in [0.05, 0.1) is 16.9 Å². The van der Waals surface area contributed by atoms with Crippen molar-refractivity contribution in [2.45, 2.75) is 6.92 Å². The van der Waals surface area contributed by atoms with Crippen molar-refractivity contribution in [2.24, 2.45) is 0 Å². The molecular weight excluding hydrogens is 316 g/mol. The topological polar surface area (TPSA) is 42.0 Å². The molecule has 0 spiro atoms. The molecule has 1 amide bonds. The maximum absolute atomic E-state index is 12.0. The smallest absolute Gasteiger partial charge is 0.255 e. The summed E-state index contributed by atoms with van der Waals surface area (Å²) >= 11 is 9.17. The zero-order valence-corrected chi connectivity index (χ0v) is 11.9. The lowest BCUT2D eigenvalue weighted by atomic mass is 10.2. The summed E-state index contributed by atoms with van der Waals surface area (Å²) < 4.78 is 0.694. The van der Waals surface area contributed by atoms with Crippen molar-refractivity contribution < 1.29 is 4.79 Å². The molecule has 0 aliphatic carbocycles. The molecule has 1 aromatic heterocycles. The number of benzene rings is 1. The SMILES string of the molecule is Cc1ccncc1NC(=O)c1ccc(Cl)c(Br)c1. The molecule has 0 saturated heterocycles. The highest BCUT2D eigenvalue weighted by molar-refractivity contribution is 9.10. The first kappa shape index (κ1) is 13.1. The Hall–Kier alpha value is -1.39. The van der Waals surface area contributed by atoms with Gasteiger partial charge in [-0.2, -0.15) is 0 Å². The van der Waals surface area contributed by atoms with Crippen molar-refractivity contribution in [2.75, 3.05) is 5.32 Å². The van der Waals surface area contributed by atoms with Gasteiger partial charge in [-0.3, -0.25) is 9.78 Å². The minimum atomic E-state index is -0.191. The van der Waals surface area contributed by atoms with Crippen molar-refractivity contribution in [3.8, 4) is 0 Å². The van der Waals surface area contributed by atoms with Crippen LogP contribution in [0.4, 0.5) is 5.69 Å². The van der Waals surface area contributed by atoms with Gasteiger partial charge in [-0.05, 0) is 52.7 Å². The first-order valence-electron chi connectivity index (χ1n) is 5.25. The number of nitrogens with one attached hydrogen (secondary N) is 1. The number of aromatic nitrogens is 1. The zero-order chi connectivity index (χ0) is 13.1. The van der Waals surface area contributed by atoms with Crippen LogP contribution in [0.2, 0.25) is 5.02 Å². The van der Waals surface area contributed by atoms with E-state index in [9.17, 15) is 4.79 Å². The largest absolute Gasteiger partial charge is 0.320 e. The van der Waals surface area contributed by atoms with Crippen LogP contribution in [-0.4, -0.2) is 10.9 Å². The lowest BCUT2D eigenvalue weighted by molar-refractivity contribution is 0.102. The number of amides is 1. The van der Waals surface area contributed by atoms with Crippen molar-refractivity contribution in [1.29, 1.82) is 0 Å². The highest BCUT2D eigenvalue weighted by Crippen LogP contribution is 2.23. The molecule has 0 aliphatic heterocycles. The van der Waals surface area contributed by atoms with Gasteiger partial charge in [0.25, 0.3) is 5.91 Å². The van der Waals surface area contributed by atoms with Crippen LogP contribution in [0.5, 0.6) is 0 Å². The van der Waals surface area contributed by atoms with Gasteiger partial charge in [-0.1, -0.05) is 11.6 Å². The van der Waals surface area contributed by atoms with Crippen LogP contribution in [-0.2, 0) is 0 Å². The van der Waals surface area contributed by atoms with E-state index in [1.165, 1.54) is 0 Å². The Morgan fingerprint density at radius 1 is 1.39 bits per heavy atom. The third-order valence-corrected chi connectivity index (χ3v) is 3.68. The van der Waals surface area contributed by atoms with E-state index < -0.39 is 0 Å². The van der Waals surface area contributed by atoms with E-state index >= 15 is 0 Å². The van der Waals surface area contributed by atoms with Crippen LogP contribution in [0.15, 0.2) is 41.1 Å². The molecule has 0 bridgehead atoms. The van der Waals surface area contributed by atoms with Crippen LogP contribution >= 0.6 is 27.5 Å². The molecule has 0 aliphatic rings. The standard InChI is InChI=1S/C13H10BrClN2O/c1-8-4-5-16-7-12(8)17-13(18)9-2-3-11(15)10(14)6-9/h2-7H,1H3,(H,17,18). The fraction of sp³-hybridized carbons (Fsp3) is 0.0769. The van der Waals surface area contributed by atoms with Gasteiger partial charge in [0.2, 0.25) is 0 Å². The Kier molecular flexibility index (Phi) is 3.99. The molecule has 5 heteroatoms. The lowest BCUT2D eigenvalue weighted by Crippen LogP contribution is -2.12. The monoisotopic (exact) mass is 324 g/mol. The van der Waals surface area contributed by atoms with Crippen LogP contribution < -0.4 is 5.32 Å². The minimum Gasteiger partial charge on any atom is -0.320 e. The average molecular weight is 326 g/mol. The quantitative estimate of drug-likeness (QED) is 0.905.